The van der Waals surface area contributed by atoms with Gasteiger partial charge in [0, 0.05) is 11.1 Å². The smallest absolute Gasteiger partial charge is 0.167 e. The number of benzene rings is 2. The molecule has 0 fully saturated rings. The summed E-state index contributed by atoms with van der Waals surface area (Å²) in [6.07, 6.45) is 6.08. The van der Waals surface area contributed by atoms with Crippen molar-refractivity contribution in [2.75, 3.05) is 6.61 Å². The fourth-order valence-electron chi connectivity index (χ4n) is 3.40. The number of hydrogen-bond donors (Lipinski definition) is 1. The van der Waals surface area contributed by atoms with Crippen LogP contribution in [0.25, 0.3) is 22.8 Å². The van der Waals surface area contributed by atoms with Crippen molar-refractivity contribution >= 4 is 0 Å². The zero-order chi connectivity index (χ0) is 20.8. The number of phenols is 1. The predicted octanol–water partition coefficient (Wildman–Crippen LogP) is 5.80. The molecule has 1 N–H and O–H groups in total. The largest absolute Gasteiger partial charge is 0.507 e. The summed E-state index contributed by atoms with van der Waals surface area (Å²) < 4.78 is 5.86. The predicted molar refractivity (Wildman–Crippen MR) is 116 cm³/mol. The van der Waals surface area contributed by atoms with E-state index in [4.69, 9.17) is 4.74 Å². The maximum Gasteiger partial charge on any atom is 0.167 e. The van der Waals surface area contributed by atoms with Gasteiger partial charge in [0.15, 0.2) is 11.6 Å². The number of unbranched alkanes of at least 4 members (excludes halogenated alkanes) is 3. The third kappa shape index (κ3) is 5.11. The molecule has 0 bridgehead atoms. The van der Waals surface area contributed by atoms with Gasteiger partial charge in [0.2, 0.25) is 0 Å². The monoisotopic (exact) mass is 391 g/mol. The normalized spacial score (nSPS) is 10.9. The molecule has 0 saturated carbocycles. The molecule has 0 atom stereocenters. The quantitative estimate of drug-likeness (QED) is 0.492. The molecule has 29 heavy (non-hydrogen) atoms. The van der Waals surface area contributed by atoms with E-state index in [9.17, 15) is 5.11 Å². The van der Waals surface area contributed by atoms with Crippen LogP contribution in [0, 0.1) is 20.8 Å². The van der Waals surface area contributed by atoms with E-state index in [1.807, 2.05) is 31.2 Å². The first-order valence-corrected chi connectivity index (χ1v) is 10.2. The molecular formula is C24H29N3O2. The lowest BCUT2D eigenvalue weighted by molar-refractivity contribution is 0.301. The minimum absolute atomic E-state index is 0.147. The molecule has 0 saturated heterocycles. The van der Waals surface area contributed by atoms with E-state index in [0.29, 0.717) is 35.1 Å². The highest BCUT2D eigenvalue weighted by Gasteiger charge is 2.15. The number of aromatic nitrogens is 3. The van der Waals surface area contributed by atoms with Crippen molar-refractivity contribution in [1.82, 2.24) is 15.0 Å². The highest BCUT2D eigenvalue weighted by atomic mass is 16.5. The van der Waals surface area contributed by atoms with Crippen molar-refractivity contribution in [3.05, 3.63) is 53.3 Å². The maximum absolute atomic E-state index is 10.7. The summed E-state index contributed by atoms with van der Waals surface area (Å²) in [6, 6.07) is 9.90. The van der Waals surface area contributed by atoms with Crippen LogP contribution in [0.5, 0.6) is 11.5 Å². The summed E-state index contributed by atoms with van der Waals surface area (Å²) in [4.78, 5) is 13.2. The summed E-state index contributed by atoms with van der Waals surface area (Å²) in [5.41, 5.74) is 4.52. The Morgan fingerprint density at radius 2 is 1.62 bits per heavy atom. The molecule has 3 aromatic rings. The second-order valence-corrected chi connectivity index (χ2v) is 7.50. The molecule has 0 aliphatic heterocycles. The highest BCUT2D eigenvalue weighted by Crippen LogP contribution is 2.36. The van der Waals surface area contributed by atoms with Gasteiger partial charge < -0.3 is 9.84 Å². The van der Waals surface area contributed by atoms with Crippen LogP contribution in [0.4, 0.5) is 0 Å². The van der Waals surface area contributed by atoms with Crippen LogP contribution in [-0.4, -0.2) is 26.7 Å². The molecule has 0 aliphatic carbocycles. The summed E-state index contributed by atoms with van der Waals surface area (Å²) in [5.74, 6) is 1.89. The van der Waals surface area contributed by atoms with E-state index in [0.717, 1.165) is 29.5 Å². The Kier molecular flexibility index (Phi) is 6.81. The zero-order valence-electron chi connectivity index (χ0n) is 17.7. The van der Waals surface area contributed by atoms with Gasteiger partial charge in [0.1, 0.15) is 17.8 Å². The van der Waals surface area contributed by atoms with Gasteiger partial charge in [-0.2, -0.15) is 0 Å². The van der Waals surface area contributed by atoms with E-state index < -0.39 is 0 Å². The Morgan fingerprint density at radius 1 is 0.897 bits per heavy atom. The first-order valence-electron chi connectivity index (χ1n) is 10.2. The van der Waals surface area contributed by atoms with Gasteiger partial charge in [-0.15, -0.1) is 0 Å². The van der Waals surface area contributed by atoms with Gasteiger partial charge in [0.25, 0.3) is 0 Å². The van der Waals surface area contributed by atoms with E-state index >= 15 is 0 Å². The van der Waals surface area contributed by atoms with Gasteiger partial charge >= 0.3 is 0 Å². The lowest BCUT2D eigenvalue weighted by Crippen LogP contribution is -2.00. The SMILES string of the molecule is CCCCCCOc1ccc(-c2ncnc(-c3cc(C)cc(C)c3)n2)c(O)c1C. The zero-order valence-corrected chi connectivity index (χ0v) is 17.7. The van der Waals surface area contributed by atoms with Crippen molar-refractivity contribution in [1.29, 1.82) is 0 Å². The molecule has 5 heteroatoms. The molecule has 5 nitrogen and oxygen atoms in total. The minimum Gasteiger partial charge on any atom is -0.507 e. The number of ether oxygens (including phenoxy) is 1. The number of aromatic hydroxyl groups is 1. The van der Waals surface area contributed by atoms with Gasteiger partial charge in [-0.1, -0.05) is 43.4 Å². The lowest BCUT2D eigenvalue weighted by Gasteiger charge is -2.13. The van der Waals surface area contributed by atoms with Crippen LogP contribution >= 0.6 is 0 Å². The average molecular weight is 392 g/mol. The van der Waals surface area contributed by atoms with Crippen LogP contribution in [0.1, 0.15) is 49.3 Å². The number of phenolic OH excluding ortho intramolecular Hbond substituents is 1. The fourth-order valence-corrected chi connectivity index (χ4v) is 3.40. The third-order valence-electron chi connectivity index (χ3n) is 4.93. The van der Waals surface area contributed by atoms with Gasteiger partial charge in [-0.05, 0) is 51.5 Å². The highest BCUT2D eigenvalue weighted by molar-refractivity contribution is 5.70. The number of aryl methyl sites for hydroxylation is 2. The topological polar surface area (TPSA) is 68.1 Å². The van der Waals surface area contributed by atoms with Crippen LogP contribution in [-0.2, 0) is 0 Å². The molecule has 0 spiro atoms. The first kappa shape index (κ1) is 20.8. The van der Waals surface area contributed by atoms with Gasteiger partial charge in [-0.3, -0.25) is 0 Å². The fraction of sp³-hybridized carbons (Fsp3) is 0.375. The third-order valence-corrected chi connectivity index (χ3v) is 4.93. The molecule has 1 heterocycles. The minimum atomic E-state index is 0.147. The van der Waals surface area contributed by atoms with E-state index in [1.165, 1.54) is 19.2 Å². The molecule has 1 aromatic heterocycles. The van der Waals surface area contributed by atoms with Gasteiger partial charge in [-0.25, -0.2) is 15.0 Å². The molecule has 152 valence electrons. The van der Waals surface area contributed by atoms with Crippen LogP contribution in [0.2, 0.25) is 0 Å². The maximum atomic E-state index is 10.7. The Hall–Kier alpha value is -2.95. The molecule has 0 radical (unpaired) electrons. The van der Waals surface area contributed by atoms with Crippen LogP contribution < -0.4 is 4.74 Å². The molecule has 3 rings (SSSR count). The lowest BCUT2D eigenvalue weighted by atomic mass is 10.1. The van der Waals surface area contributed by atoms with Gasteiger partial charge in [0.05, 0.1) is 12.2 Å². The standard InChI is InChI=1S/C24H29N3O2/c1-5-6-7-8-11-29-21-10-9-20(22(28)18(21)4)24-26-15-25-23(27-24)19-13-16(2)12-17(3)14-19/h9-10,12-15,28H,5-8,11H2,1-4H3. The molecule has 0 aliphatic rings. The number of nitrogens with zero attached hydrogens (tertiary/aromatic N) is 3. The summed E-state index contributed by atoms with van der Waals surface area (Å²) in [5, 5.41) is 10.7. The van der Waals surface area contributed by atoms with Crippen molar-refractivity contribution in [2.45, 2.75) is 53.4 Å². The Bertz CT molecular complexity index is 966. The number of rotatable bonds is 8. The second kappa shape index (κ2) is 9.50. The van der Waals surface area contributed by atoms with Crippen molar-refractivity contribution in [2.24, 2.45) is 0 Å². The van der Waals surface area contributed by atoms with Crippen LogP contribution in [0.3, 0.4) is 0 Å². The van der Waals surface area contributed by atoms with Crippen molar-refractivity contribution in [3.8, 4) is 34.3 Å². The Labute approximate surface area is 172 Å². The van der Waals surface area contributed by atoms with E-state index in [2.05, 4.69) is 41.8 Å². The molecular weight excluding hydrogens is 362 g/mol. The molecule has 0 unspecified atom stereocenters. The van der Waals surface area contributed by atoms with E-state index in [-0.39, 0.29) is 5.75 Å². The Balaban J connectivity index is 1.84. The Morgan fingerprint density at radius 3 is 2.34 bits per heavy atom. The first-order chi connectivity index (χ1) is 14.0. The summed E-state index contributed by atoms with van der Waals surface area (Å²) >= 11 is 0. The van der Waals surface area contributed by atoms with Crippen LogP contribution in [0.15, 0.2) is 36.7 Å². The number of hydrogen-bond acceptors (Lipinski definition) is 5. The summed E-state index contributed by atoms with van der Waals surface area (Å²) in [7, 11) is 0. The van der Waals surface area contributed by atoms with Crippen molar-refractivity contribution < 1.29 is 9.84 Å². The van der Waals surface area contributed by atoms with Crippen molar-refractivity contribution in [3.63, 3.8) is 0 Å². The average Bonchev–Trinajstić information content (AvgIpc) is 2.70. The molecule has 2 aromatic carbocycles. The molecule has 0 amide bonds. The second-order valence-electron chi connectivity index (χ2n) is 7.50. The van der Waals surface area contributed by atoms with E-state index in [1.54, 1.807) is 0 Å². The summed E-state index contributed by atoms with van der Waals surface area (Å²) in [6.45, 7) is 8.80.